The fourth-order valence-corrected chi connectivity index (χ4v) is 5.10. The van der Waals surface area contributed by atoms with Crippen LogP contribution in [0.25, 0.3) is 5.76 Å². The molecule has 4 aromatic carbocycles. The van der Waals surface area contributed by atoms with Crippen molar-refractivity contribution in [1.82, 2.24) is 0 Å². The van der Waals surface area contributed by atoms with E-state index >= 15 is 0 Å². The number of anilines is 1. The third kappa shape index (κ3) is 4.89. The molecule has 1 amide bonds. The molecule has 1 atom stereocenters. The van der Waals surface area contributed by atoms with Crippen molar-refractivity contribution in [3.63, 3.8) is 0 Å². The van der Waals surface area contributed by atoms with Gasteiger partial charge in [-0.05, 0) is 79.9 Å². The van der Waals surface area contributed by atoms with Gasteiger partial charge in [0.1, 0.15) is 23.0 Å². The maximum atomic E-state index is 13.6. The number of carbonyl (C=O) groups is 2. The van der Waals surface area contributed by atoms with Crippen molar-refractivity contribution in [2.24, 2.45) is 0 Å². The van der Waals surface area contributed by atoms with Crippen LogP contribution < -0.4 is 14.4 Å². The molecule has 4 aromatic rings. The quantitative estimate of drug-likeness (QED) is 0.168. The molecule has 1 fully saturated rings. The van der Waals surface area contributed by atoms with E-state index in [4.69, 9.17) is 9.47 Å². The Hall–Kier alpha value is -4.84. The summed E-state index contributed by atoms with van der Waals surface area (Å²) in [5, 5.41) is 11.6. The number of aryl methyl sites for hydroxylation is 3. The Bertz CT molecular complexity index is 1590. The number of ether oxygens (including phenoxy) is 2. The summed E-state index contributed by atoms with van der Waals surface area (Å²) in [6.45, 7) is 5.72. The molecule has 1 aliphatic heterocycles. The fourth-order valence-electron chi connectivity index (χ4n) is 5.10. The van der Waals surface area contributed by atoms with E-state index in [2.05, 4.69) is 0 Å². The average molecular weight is 520 g/mol. The normalized spacial score (nSPS) is 16.4. The van der Waals surface area contributed by atoms with E-state index < -0.39 is 17.7 Å². The van der Waals surface area contributed by atoms with Gasteiger partial charge >= 0.3 is 0 Å². The van der Waals surface area contributed by atoms with E-state index in [9.17, 15) is 14.7 Å². The highest BCUT2D eigenvalue weighted by molar-refractivity contribution is 6.51. The zero-order chi connectivity index (χ0) is 27.7. The topological polar surface area (TPSA) is 76.1 Å². The van der Waals surface area contributed by atoms with Crippen molar-refractivity contribution >= 4 is 23.1 Å². The lowest BCUT2D eigenvalue weighted by Gasteiger charge is -2.26. The number of amides is 1. The molecular weight excluding hydrogens is 490 g/mol. The number of aliphatic hydroxyl groups excluding tert-OH is 1. The second-order valence-electron chi connectivity index (χ2n) is 9.65. The van der Waals surface area contributed by atoms with Gasteiger partial charge in [-0.25, -0.2) is 0 Å². The number of Topliss-reactive ketones (excluding diaryl/α,β-unsaturated/α-hetero) is 1. The van der Waals surface area contributed by atoms with Crippen molar-refractivity contribution in [1.29, 1.82) is 0 Å². The largest absolute Gasteiger partial charge is 0.507 e. The minimum atomic E-state index is -0.837. The van der Waals surface area contributed by atoms with E-state index in [0.717, 1.165) is 16.7 Å². The lowest BCUT2D eigenvalue weighted by Crippen LogP contribution is -2.29. The Morgan fingerprint density at radius 2 is 1.49 bits per heavy atom. The molecule has 0 saturated carbocycles. The van der Waals surface area contributed by atoms with Crippen LogP contribution in [0.3, 0.4) is 0 Å². The third-order valence-electron chi connectivity index (χ3n) is 6.77. The molecular formula is C33H29NO5. The Labute approximate surface area is 227 Å². The first-order valence-corrected chi connectivity index (χ1v) is 12.6. The predicted molar refractivity (Wildman–Crippen MR) is 151 cm³/mol. The molecule has 1 unspecified atom stereocenters. The van der Waals surface area contributed by atoms with Crippen LogP contribution in [0.4, 0.5) is 5.69 Å². The first-order valence-electron chi connectivity index (χ1n) is 12.6. The summed E-state index contributed by atoms with van der Waals surface area (Å²) in [6.07, 6.45) is 0. The summed E-state index contributed by atoms with van der Waals surface area (Å²) in [5.41, 5.74) is 4.28. The zero-order valence-electron chi connectivity index (χ0n) is 22.3. The van der Waals surface area contributed by atoms with Crippen molar-refractivity contribution in [3.8, 4) is 17.2 Å². The second-order valence-corrected chi connectivity index (χ2v) is 9.65. The molecule has 0 bridgehead atoms. The van der Waals surface area contributed by atoms with Gasteiger partial charge in [0, 0.05) is 5.69 Å². The molecule has 1 N–H and O–H groups in total. The summed E-state index contributed by atoms with van der Waals surface area (Å²) >= 11 is 0. The van der Waals surface area contributed by atoms with Crippen LogP contribution in [-0.2, 0) is 9.59 Å². The lowest BCUT2D eigenvalue weighted by atomic mass is 9.93. The van der Waals surface area contributed by atoms with E-state index in [1.807, 2.05) is 81.4 Å². The van der Waals surface area contributed by atoms with Gasteiger partial charge in [0.15, 0.2) is 0 Å². The Morgan fingerprint density at radius 1 is 0.795 bits per heavy atom. The van der Waals surface area contributed by atoms with Crippen LogP contribution in [-0.4, -0.2) is 23.9 Å². The van der Waals surface area contributed by atoms with E-state index in [1.165, 1.54) is 12.0 Å². The molecule has 0 spiro atoms. The van der Waals surface area contributed by atoms with Crippen molar-refractivity contribution < 1.29 is 24.2 Å². The second kappa shape index (κ2) is 10.5. The van der Waals surface area contributed by atoms with Crippen LogP contribution >= 0.6 is 0 Å². The van der Waals surface area contributed by atoms with Crippen molar-refractivity contribution in [2.45, 2.75) is 26.8 Å². The summed E-state index contributed by atoms with van der Waals surface area (Å²) in [7, 11) is 1.52. The Kier molecular flexibility index (Phi) is 6.94. The highest BCUT2D eigenvalue weighted by atomic mass is 16.5. The molecule has 6 nitrogen and oxygen atoms in total. The zero-order valence-corrected chi connectivity index (χ0v) is 22.3. The summed E-state index contributed by atoms with van der Waals surface area (Å²) in [4.78, 5) is 28.6. The monoisotopic (exact) mass is 519 g/mol. The number of nitrogens with zero attached hydrogens (tertiary/aromatic N) is 1. The van der Waals surface area contributed by atoms with E-state index in [-0.39, 0.29) is 11.3 Å². The number of benzene rings is 4. The lowest BCUT2D eigenvalue weighted by molar-refractivity contribution is -0.132. The van der Waals surface area contributed by atoms with Crippen LogP contribution in [0.1, 0.15) is 33.9 Å². The maximum absolute atomic E-state index is 13.6. The molecule has 0 radical (unpaired) electrons. The first-order chi connectivity index (χ1) is 18.8. The molecule has 39 heavy (non-hydrogen) atoms. The number of hydrogen-bond donors (Lipinski definition) is 1. The average Bonchev–Trinajstić information content (AvgIpc) is 3.19. The van der Waals surface area contributed by atoms with Gasteiger partial charge in [-0.2, -0.15) is 0 Å². The van der Waals surface area contributed by atoms with Crippen molar-refractivity contribution in [3.05, 3.63) is 124 Å². The molecule has 1 heterocycles. The van der Waals surface area contributed by atoms with Crippen LogP contribution in [0.15, 0.2) is 96.6 Å². The third-order valence-corrected chi connectivity index (χ3v) is 6.77. The van der Waals surface area contributed by atoms with Crippen LogP contribution in [0.2, 0.25) is 0 Å². The predicted octanol–water partition coefficient (Wildman–Crippen LogP) is 7.04. The van der Waals surface area contributed by atoms with Gasteiger partial charge in [0.05, 0.1) is 24.3 Å². The summed E-state index contributed by atoms with van der Waals surface area (Å²) in [6, 6.07) is 26.8. The maximum Gasteiger partial charge on any atom is 0.300 e. The van der Waals surface area contributed by atoms with E-state index in [0.29, 0.717) is 34.1 Å². The molecule has 5 rings (SSSR count). The number of methoxy groups -OCH3 is 1. The van der Waals surface area contributed by atoms with Gasteiger partial charge < -0.3 is 14.6 Å². The number of rotatable bonds is 6. The van der Waals surface area contributed by atoms with Gasteiger partial charge in [-0.3, -0.25) is 14.5 Å². The number of para-hydroxylation sites is 1. The number of aliphatic hydroxyl groups is 1. The summed E-state index contributed by atoms with van der Waals surface area (Å²) in [5.74, 6) is -0.0147. The SMILES string of the molecule is COc1c(C)cc(C)cc1/C(O)=C1\C(=O)C(=O)N(c2ccc(Oc3ccccc3)cc2)C1c1cccc(C)c1. The molecule has 196 valence electrons. The molecule has 6 heteroatoms. The van der Waals surface area contributed by atoms with Gasteiger partial charge in [0.25, 0.3) is 11.7 Å². The molecule has 0 aromatic heterocycles. The minimum Gasteiger partial charge on any atom is -0.507 e. The highest BCUT2D eigenvalue weighted by Gasteiger charge is 2.47. The fraction of sp³-hybridized carbons (Fsp3) is 0.152. The van der Waals surface area contributed by atoms with Crippen LogP contribution in [0.5, 0.6) is 17.2 Å². The minimum absolute atomic E-state index is 0.0125. The molecule has 1 saturated heterocycles. The van der Waals surface area contributed by atoms with E-state index in [1.54, 1.807) is 30.3 Å². The Morgan fingerprint density at radius 3 is 2.15 bits per heavy atom. The van der Waals surface area contributed by atoms with Gasteiger partial charge in [-0.15, -0.1) is 0 Å². The molecule has 0 aliphatic carbocycles. The number of ketones is 1. The standard InChI is InChI=1S/C33H29NO5/c1-20-9-8-10-23(18-20)29-28(30(35)27-19-21(2)17-22(3)32(27)38-4)31(36)33(37)34(29)24-13-15-26(16-14-24)39-25-11-6-5-7-12-25/h5-19,29,35H,1-4H3/b30-28+. The van der Waals surface area contributed by atoms with Crippen molar-refractivity contribution in [2.75, 3.05) is 12.0 Å². The molecule has 1 aliphatic rings. The summed E-state index contributed by atoms with van der Waals surface area (Å²) < 4.78 is 11.5. The van der Waals surface area contributed by atoms with Crippen LogP contribution in [0, 0.1) is 20.8 Å². The smallest absolute Gasteiger partial charge is 0.300 e. The highest BCUT2D eigenvalue weighted by Crippen LogP contribution is 2.44. The number of hydrogen-bond acceptors (Lipinski definition) is 5. The van der Waals surface area contributed by atoms with Gasteiger partial charge in [0.2, 0.25) is 0 Å². The first kappa shape index (κ1) is 25.8. The number of carbonyl (C=O) groups excluding carboxylic acids is 2. The Balaban J connectivity index is 1.64. The van der Waals surface area contributed by atoms with Gasteiger partial charge in [-0.1, -0.05) is 54.1 Å².